The van der Waals surface area contributed by atoms with E-state index in [0.717, 1.165) is 11.3 Å². The molecule has 2 rings (SSSR count). The van der Waals surface area contributed by atoms with Crippen molar-refractivity contribution in [2.24, 2.45) is 0 Å². The maximum absolute atomic E-state index is 5.98. The highest BCUT2D eigenvalue weighted by atomic mass is 79.9. The molecule has 0 aliphatic heterocycles. The van der Waals surface area contributed by atoms with Crippen LogP contribution in [0.3, 0.4) is 0 Å². The number of hydrogen-bond acceptors (Lipinski definition) is 2. The summed E-state index contributed by atoms with van der Waals surface area (Å²) in [5, 5.41) is 1.43. The molecule has 0 aliphatic rings. The number of nitrogens with zero attached hydrogens (tertiary/aromatic N) is 2. The number of aromatic nitrogens is 2. The number of aryl methyl sites for hydroxylation is 1. The molecule has 0 spiro atoms. The summed E-state index contributed by atoms with van der Waals surface area (Å²) < 4.78 is 0.691. The molecule has 0 N–H and O–H groups in total. The molecule has 0 fully saturated rings. The molecule has 0 radical (unpaired) electrons. The van der Waals surface area contributed by atoms with E-state index in [1.165, 1.54) is 0 Å². The molecule has 6 heteroatoms. The third-order valence-electron chi connectivity index (χ3n) is 2.10. The SMILES string of the molecule is Cc1nc(-c2cc(Cl)cc(Cl)c2)nc(Cl)c1Br. The Hall–Kier alpha value is -0.350. The number of rotatable bonds is 1. The van der Waals surface area contributed by atoms with Crippen molar-refractivity contribution < 1.29 is 0 Å². The molecule has 0 bridgehead atoms. The Kier molecular flexibility index (Phi) is 3.93. The molecule has 1 aromatic heterocycles. The van der Waals surface area contributed by atoms with Crippen LogP contribution < -0.4 is 0 Å². The van der Waals surface area contributed by atoms with Crippen molar-refractivity contribution in [3.8, 4) is 11.4 Å². The van der Waals surface area contributed by atoms with Gasteiger partial charge in [-0.25, -0.2) is 9.97 Å². The molecular formula is C11H6BrCl3N2. The van der Waals surface area contributed by atoms with Crippen molar-refractivity contribution in [3.05, 3.63) is 43.6 Å². The topological polar surface area (TPSA) is 25.8 Å². The Morgan fingerprint density at radius 3 is 2.12 bits per heavy atom. The standard InChI is InChI=1S/C11H6BrCl3N2/c1-5-9(12)10(15)17-11(16-5)6-2-7(13)4-8(14)3-6/h2-4H,1H3. The zero-order valence-electron chi connectivity index (χ0n) is 8.64. The molecule has 0 aliphatic carbocycles. The lowest BCUT2D eigenvalue weighted by Gasteiger charge is -2.06. The van der Waals surface area contributed by atoms with E-state index < -0.39 is 0 Å². The Morgan fingerprint density at radius 2 is 1.59 bits per heavy atom. The Bertz CT molecular complexity index is 544. The number of hydrogen-bond donors (Lipinski definition) is 0. The fourth-order valence-electron chi connectivity index (χ4n) is 1.34. The van der Waals surface area contributed by atoms with Crippen LogP contribution in [-0.4, -0.2) is 9.97 Å². The third kappa shape index (κ3) is 2.91. The Labute approximate surface area is 122 Å². The van der Waals surface area contributed by atoms with Crippen LogP contribution in [0.15, 0.2) is 22.7 Å². The van der Waals surface area contributed by atoms with Gasteiger partial charge in [-0.15, -0.1) is 0 Å². The van der Waals surface area contributed by atoms with E-state index in [2.05, 4.69) is 25.9 Å². The van der Waals surface area contributed by atoms with Gasteiger partial charge in [-0.2, -0.15) is 0 Å². The van der Waals surface area contributed by atoms with E-state index in [1.807, 2.05) is 6.92 Å². The summed E-state index contributed by atoms with van der Waals surface area (Å²) >= 11 is 21.1. The van der Waals surface area contributed by atoms with Crippen LogP contribution in [0.4, 0.5) is 0 Å². The highest BCUT2D eigenvalue weighted by Gasteiger charge is 2.10. The first-order valence-corrected chi connectivity index (χ1v) is 6.56. The van der Waals surface area contributed by atoms with Crippen molar-refractivity contribution in [2.45, 2.75) is 6.92 Å². The summed E-state index contributed by atoms with van der Waals surface area (Å²) in [5.74, 6) is 0.500. The van der Waals surface area contributed by atoms with Crippen LogP contribution in [0, 0.1) is 6.92 Å². The zero-order valence-corrected chi connectivity index (χ0v) is 12.5. The van der Waals surface area contributed by atoms with Gasteiger partial charge in [-0.05, 0) is 41.1 Å². The predicted octanol–water partition coefficient (Wildman–Crippen LogP) is 5.17. The number of halogens is 4. The van der Waals surface area contributed by atoms with Gasteiger partial charge in [0.05, 0.1) is 10.2 Å². The molecule has 0 unspecified atom stereocenters. The molecule has 2 nitrogen and oxygen atoms in total. The Morgan fingerprint density at radius 1 is 1.00 bits per heavy atom. The van der Waals surface area contributed by atoms with Gasteiger partial charge >= 0.3 is 0 Å². The lowest BCUT2D eigenvalue weighted by molar-refractivity contribution is 1.09. The summed E-state index contributed by atoms with van der Waals surface area (Å²) in [7, 11) is 0. The minimum absolute atomic E-state index is 0.364. The van der Waals surface area contributed by atoms with Gasteiger partial charge in [0.25, 0.3) is 0 Å². The third-order valence-corrected chi connectivity index (χ3v) is 3.98. The first-order chi connectivity index (χ1) is 7.97. The fourth-order valence-corrected chi connectivity index (χ4v) is 2.26. The molecule has 0 atom stereocenters. The molecule has 1 aromatic carbocycles. The van der Waals surface area contributed by atoms with Gasteiger partial charge < -0.3 is 0 Å². The van der Waals surface area contributed by atoms with Crippen LogP contribution in [0.25, 0.3) is 11.4 Å². The Balaban J connectivity index is 2.60. The molecule has 0 saturated carbocycles. The van der Waals surface area contributed by atoms with Gasteiger partial charge in [0.2, 0.25) is 0 Å². The lowest BCUT2D eigenvalue weighted by atomic mass is 10.2. The highest BCUT2D eigenvalue weighted by Crippen LogP contribution is 2.29. The molecule has 2 aromatic rings. The first kappa shape index (κ1) is 13.1. The summed E-state index contributed by atoms with van der Waals surface area (Å²) in [6, 6.07) is 5.14. The van der Waals surface area contributed by atoms with E-state index in [1.54, 1.807) is 18.2 Å². The summed E-state index contributed by atoms with van der Waals surface area (Å²) in [5.41, 5.74) is 1.50. The average molecular weight is 352 g/mol. The molecule has 0 amide bonds. The van der Waals surface area contributed by atoms with Crippen LogP contribution in [0.2, 0.25) is 15.2 Å². The van der Waals surface area contributed by atoms with Crippen molar-refractivity contribution in [1.82, 2.24) is 9.97 Å². The minimum Gasteiger partial charge on any atom is -0.232 e. The average Bonchev–Trinajstić information content (AvgIpc) is 2.23. The molecule has 0 saturated heterocycles. The molecule has 88 valence electrons. The van der Waals surface area contributed by atoms with Crippen LogP contribution in [0.1, 0.15) is 5.69 Å². The van der Waals surface area contributed by atoms with Crippen molar-refractivity contribution in [1.29, 1.82) is 0 Å². The second-order valence-corrected chi connectivity index (χ2v) is 5.42. The number of benzene rings is 1. The normalized spacial score (nSPS) is 10.6. The molecular weight excluding hydrogens is 346 g/mol. The highest BCUT2D eigenvalue weighted by molar-refractivity contribution is 9.10. The smallest absolute Gasteiger partial charge is 0.161 e. The first-order valence-electron chi connectivity index (χ1n) is 4.63. The monoisotopic (exact) mass is 350 g/mol. The predicted molar refractivity (Wildman–Crippen MR) is 74.9 cm³/mol. The quantitative estimate of drug-likeness (QED) is 0.661. The van der Waals surface area contributed by atoms with Gasteiger partial charge in [0.1, 0.15) is 5.15 Å². The fraction of sp³-hybridized carbons (Fsp3) is 0.0909. The van der Waals surface area contributed by atoms with E-state index in [4.69, 9.17) is 34.8 Å². The van der Waals surface area contributed by atoms with Crippen molar-refractivity contribution >= 4 is 50.7 Å². The van der Waals surface area contributed by atoms with Crippen LogP contribution >= 0.6 is 50.7 Å². The lowest BCUT2D eigenvalue weighted by Crippen LogP contribution is -1.94. The van der Waals surface area contributed by atoms with Gasteiger partial charge in [0.15, 0.2) is 5.82 Å². The summed E-state index contributed by atoms with van der Waals surface area (Å²) in [6.07, 6.45) is 0. The second-order valence-electron chi connectivity index (χ2n) is 3.40. The second kappa shape index (κ2) is 5.11. The van der Waals surface area contributed by atoms with E-state index in [-0.39, 0.29) is 0 Å². The summed E-state index contributed by atoms with van der Waals surface area (Å²) in [6.45, 7) is 1.84. The van der Waals surface area contributed by atoms with Gasteiger partial charge in [0, 0.05) is 15.6 Å². The maximum atomic E-state index is 5.98. The molecule has 1 heterocycles. The van der Waals surface area contributed by atoms with Crippen molar-refractivity contribution in [3.63, 3.8) is 0 Å². The van der Waals surface area contributed by atoms with E-state index in [0.29, 0.717) is 25.5 Å². The van der Waals surface area contributed by atoms with Gasteiger partial charge in [-0.1, -0.05) is 34.8 Å². The van der Waals surface area contributed by atoms with E-state index in [9.17, 15) is 0 Å². The van der Waals surface area contributed by atoms with Crippen LogP contribution in [0.5, 0.6) is 0 Å². The minimum atomic E-state index is 0.364. The van der Waals surface area contributed by atoms with E-state index >= 15 is 0 Å². The largest absolute Gasteiger partial charge is 0.232 e. The molecule has 17 heavy (non-hydrogen) atoms. The maximum Gasteiger partial charge on any atom is 0.161 e. The summed E-state index contributed by atoms with van der Waals surface area (Å²) in [4.78, 5) is 8.50. The zero-order chi connectivity index (χ0) is 12.6. The van der Waals surface area contributed by atoms with Gasteiger partial charge in [-0.3, -0.25) is 0 Å². The van der Waals surface area contributed by atoms with Crippen molar-refractivity contribution in [2.75, 3.05) is 0 Å². The van der Waals surface area contributed by atoms with Crippen LogP contribution in [-0.2, 0) is 0 Å².